The van der Waals surface area contributed by atoms with E-state index in [0.29, 0.717) is 25.4 Å². The lowest BCUT2D eigenvalue weighted by atomic mass is 9.62. The largest absolute Gasteiger partial charge is 0.444 e. The molecular weight excluding hydrogens is 606 g/mol. The van der Waals surface area contributed by atoms with Crippen molar-refractivity contribution in [2.24, 2.45) is 16.7 Å². The van der Waals surface area contributed by atoms with Crippen LogP contribution >= 0.6 is 0 Å². The van der Waals surface area contributed by atoms with Crippen molar-refractivity contribution in [3.05, 3.63) is 0 Å². The molecule has 0 radical (unpaired) electrons. The third-order valence-corrected chi connectivity index (χ3v) is 12.3. The third-order valence-electron chi connectivity index (χ3n) is 11.3. The van der Waals surface area contributed by atoms with E-state index in [0.717, 1.165) is 19.3 Å². The molecule has 9 atom stereocenters. The predicted octanol–water partition coefficient (Wildman–Crippen LogP) is 6.49. The first-order valence-corrected chi connectivity index (χ1v) is 20.8. The Morgan fingerprint density at radius 1 is 0.935 bits per heavy atom. The van der Waals surface area contributed by atoms with E-state index < -0.39 is 43.2 Å². The Kier molecular flexibility index (Phi) is 9.26. The highest BCUT2D eigenvalue weighted by Gasteiger charge is 2.72. The maximum Gasteiger partial charge on any atom is 0.407 e. The summed E-state index contributed by atoms with van der Waals surface area (Å²) in [6.07, 6.45) is 1.75. The minimum absolute atomic E-state index is 0.0246. The Hall–Kier alpha value is -1.08. The van der Waals surface area contributed by atoms with Crippen molar-refractivity contribution in [3.8, 4) is 0 Å². The van der Waals surface area contributed by atoms with Gasteiger partial charge in [0.15, 0.2) is 25.7 Å². The number of carbonyl (C=O) groups is 2. The van der Waals surface area contributed by atoms with E-state index in [-0.39, 0.29) is 53.6 Å². The maximum atomic E-state index is 14.8. The van der Waals surface area contributed by atoms with Gasteiger partial charge in [0.2, 0.25) is 0 Å². The van der Waals surface area contributed by atoms with Gasteiger partial charge in [0.25, 0.3) is 0 Å². The van der Waals surface area contributed by atoms with Crippen molar-refractivity contribution in [2.45, 2.75) is 187 Å². The molecule has 5 fully saturated rings. The number of ketones is 1. The van der Waals surface area contributed by atoms with E-state index in [9.17, 15) is 9.59 Å². The van der Waals surface area contributed by atoms with Crippen molar-refractivity contribution < 1.29 is 42.4 Å². The highest BCUT2D eigenvalue weighted by molar-refractivity contribution is 6.70. The number of alkyl carbamates (subject to hydrolysis) is 1. The number of Topliss-reactive ketones (excluding diaryl/α,β-unsaturated/α-hetero) is 1. The predicted molar refractivity (Wildman–Crippen MR) is 176 cm³/mol. The standard InChI is InChI=1S/C35H61NO9Si/c1-30(2,3)44-29(38)36-22(18-25(37)35(45-46(11,12)13)19-21-16-17-34(35,10)31(21,4)5)14-15-23-26-28(43-33(8,9)42-26)27-24(40-23)20-39-32(6,7)41-27/h21-24,26-28H,14-20H2,1-13H3,(H,36,38)/t21-,22+,23-,24-,26+,27-,28-,34-,35+/m1/s1. The maximum absolute atomic E-state index is 14.8. The van der Waals surface area contributed by atoms with Crippen LogP contribution in [0.25, 0.3) is 0 Å². The highest BCUT2D eigenvalue weighted by Crippen LogP contribution is 2.71. The summed E-state index contributed by atoms with van der Waals surface area (Å²) in [6, 6.07) is -0.483. The van der Waals surface area contributed by atoms with Gasteiger partial charge in [-0.25, -0.2) is 4.79 Å². The average Bonchev–Trinajstić information content (AvgIpc) is 3.38. The van der Waals surface area contributed by atoms with Crippen LogP contribution in [-0.2, 0) is 37.6 Å². The van der Waals surface area contributed by atoms with Crippen LogP contribution in [0.1, 0.15) is 108 Å². The molecule has 5 aliphatic rings. The van der Waals surface area contributed by atoms with E-state index in [1.807, 2.05) is 48.5 Å². The zero-order valence-electron chi connectivity index (χ0n) is 30.7. The van der Waals surface area contributed by atoms with E-state index in [1.165, 1.54) is 0 Å². The molecule has 46 heavy (non-hydrogen) atoms. The molecule has 10 nitrogen and oxygen atoms in total. The molecule has 3 heterocycles. The van der Waals surface area contributed by atoms with Crippen molar-refractivity contribution in [1.29, 1.82) is 0 Å². The lowest BCUT2D eigenvalue weighted by Crippen LogP contribution is -2.63. The molecule has 0 unspecified atom stereocenters. The molecule has 1 N–H and O–H groups in total. The summed E-state index contributed by atoms with van der Waals surface area (Å²) in [5, 5.41) is 3.06. The summed E-state index contributed by atoms with van der Waals surface area (Å²) in [5.74, 6) is -1.05. The summed E-state index contributed by atoms with van der Waals surface area (Å²) in [7, 11) is -2.13. The number of fused-ring (bicyclic) bond motifs is 5. The van der Waals surface area contributed by atoms with Crippen molar-refractivity contribution >= 4 is 20.2 Å². The first-order chi connectivity index (χ1) is 20.9. The molecule has 0 aromatic heterocycles. The first kappa shape index (κ1) is 36.2. The second kappa shape index (κ2) is 11.8. The average molecular weight is 668 g/mol. The number of rotatable bonds is 9. The van der Waals surface area contributed by atoms with Crippen LogP contribution in [0.3, 0.4) is 0 Å². The number of hydrogen-bond acceptors (Lipinski definition) is 9. The van der Waals surface area contributed by atoms with E-state index >= 15 is 0 Å². The Balaban J connectivity index is 1.38. The zero-order valence-corrected chi connectivity index (χ0v) is 31.7. The van der Waals surface area contributed by atoms with Gasteiger partial charge in [0, 0.05) is 17.9 Å². The van der Waals surface area contributed by atoms with Crippen LogP contribution in [0.4, 0.5) is 4.79 Å². The molecule has 0 aromatic rings. The second-order valence-corrected chi connectivity index (χ2v) is 22.6. The Morgan fingerprint density at radius 3 is 2.13 bits per heavy atom. The summed E-state index contributed by atoms with van der Waals surface area (Å²) in [6.45, 7) is 26.8. The van der Waals surface area contributed by atoms with Crippen LogP contribution < -0.4 is 5.32 Å². The van der Waals surface area contributed by atoms with Crippen molar-refractivity contribution in [1.82, 2.24) is 5.32 Å². The lowest BCUT2D eigenvalue weighted by molar-refractivity contribution is -0.348. The molecule has 1 amide bonds. The van der Waals surface area contributed by atoms with Gasteiger partial charge in [-0.3, -0.25) is 4.79 Å². The molecule has 3 saturated heterocycles. The van der Waals surface area contributed by atoms with E-state index in [4.69, 9.17) is 32.8 Å². The monoisotopic (exact) mass is 667 g/mol. The number of amides is 1. The van der Waals surface area contributed by atoms with Gasteiger partial charge >= 0.3 is 6.09 Å². The Bertz CT molecular complexity index is 1180. The normalized spacial score (nSPS) is 39.8. The minimum Gasteiger partial charge on any atom is -0.444 e. The Morgan fingerprint density at radius 2 is 1.57 bits per heavy atom. The second-order valence-electron chi connectivity index (χ2n) is 18.2. The van der Waals surface area contributed by atoms with Crippen LogP contribution in [0.15, 0.2) is 0 Å². The topological polar surface area (TPSA) is 111 Å². The van der Waals surface area contributed by atoms with Crippen LogP contribution in [-0.4, -0.2) is 86.1 Å². The molecular formula is C35H61NO9Si. The fourth-order valence-electron chi connectivity index (χ4n) is 8.96. The molecule has 0 spiro atoms. The first-order valence-electron chi connectivity index (χ1n) is 17.4. The van der Waals surface area contributed by atoms with E-state index in [1.54, 1.807) is 0 Å². The lowest BCUT2D eigenvalue weighted by Gasteiger charge is -2.50. The SMILES string of the molecule is CC(C)(C)OC(=O)N[C@@H](CC[C@H]1O[C@@H]2COC(C)(C)O[C@H]2[C@@H]2OC(C)(C)O[C@H]21)CC(=O)[C@@]1(O[Si](C)(C)C)C[C@H]2CC[C@]1(C)C2(C)C. The number of ether oxygens (including phenoxy) is 6. The van der Waals surface area contributed by atoms with Gasteiger partial charge in [0.1, 0.15) is 35.6 Å². The van der Waals surface area contributed by atoms with Gasteiger partial charge in [-0.2, -0.15) is 0 Å². The zero-order chi connectivity index (χ0) is 34.3. The van der Waals surface area contributed by atoms with Gasteiger partial charge in [-0.15, -0.1) is 0 Å². The highest BCUT2D eigenvalue weighted by atomic mass is 28.4. The smallest absolute Gasteiger partial charge is 0.407 e. The number of nitrogens with one attached hydrogen (secondary N) is 1. The summed E-state index contributed by atoms with van der Waals surface area (Å²) < 4.78 is 44.3. The summed E-state index contributed by atoms with van der Waals surface area (Å²) in [5.41, 5.74) is -1.87. The molecule has 2 aliphatic carbocycles. The minimum atomic E-state index is -2.13. The number of carbonyl (C=O) groups excluding carboxylic acids is 2. The Labute approximate surface area is 277 Å². The van der Waals surface area contributed by atoms with Crippen LogP contribution in [0.2, 0.25) is 19.6 Å². The molecule has 264 valence electrons. The molecule has 2 bridgehead atoms. The molecule has 5 rings (SSSR count). The van der Waals surface area contributed by atoms with Gasteiger partial charge in [-0.05, 0) is 112 Å². The molecule has 0 aromatic carbocycles. The molecule has 2 saturated carbocycles. The van der Waals surface area contributed by atoms with Crippen LogP contribution in [0, 0.1) is 16.7 Å². The van der Waals surface area contributed by atoms with Gasteiger partial charge < -0.3 is 38.2 Å². The van der Waals surface area contributed by atoms with Gasteiger partial charge in [0.05, 0.1) is 12.7 Å². The van der Waals surface area contributed by atoms with Gasteiger partial charge in [-0.1, -0.05) is 20.8 Å². The quantitative estimate of drug-likeness (QED) is 0.276. The third kappa shape index (κ3) is 6.85. The summed E-state index contributed by atoms with van der Waals surface area (Å²) >= 11 is 0. The number of hydrogen-bond donors (Lipinski definition) is 1. The van der Waals surface area contributed by atoms with Crippen molar-refractivity contribution in [2.75, 3.05) is 6.61 Å². The van der Waals surface area contributed by atoms with Crippen LogP contribution in [0.5, 0.6) is 0 Å². The fourth-order valence-corrected chi connectivity index (χ4v) is 10.4. The summed E-state index contributed by atoms with van der Waals surface area (Å²) in [4.78, 5) is 27.9. The van der Waals surface area contributed by atoms with Crippen molar-refractivity contribution in [3.63, 3.8) is 0 Å². The fraction of sp³-hybridized carbons (Fsp3) is 0.943. The molecule has 3 aliphatic heterocycles. The molecule has 11 heteroatoms. The van der Waals surface area contributed by atoms with E-state index in [2.05, 4.69) is 45.7 Å².